The molecule has 19 heavy (non-hydrogen) atoms. The zero-order valence-electron chi connectivity index (χ0n) is 11.1. The molecule has 1 aromatic carbocycles. The van der Waals surface area contributed by atoms with E-state index < -0.39 is 0 Å². The Labute approximate surface area is 116 Å². The predicted molar refractivity (Wildman–Crippen MR) is 77.4 cm³/mol. The molecule has 0 aliphatic heterocycles. The van der Waals surface area contributed by atoms with Crippen molar-refractivity contribution < 1.29 is 4.79 Å². The minimum Gasteiger partial charge on any atom is -0.301 e. The molecule has 4 nitrogen and oxygen atoms in total. The van der Waals surface area contributed by atoms with Crippen molar-refractivity contribution in [2.75, 3.05) is 5.32 Å². The van der Waals surface area contributed by atoms with E-state index in [1.54, 1.807) is 0 Å². The molecule has 1 atom stereocenters. The lowest BCUT2D eigenvalue weighted by atomic mass is 9.97. The van der Waals surface area contributed by atoms with Gasteiger partial charge in [0.05, 0.1) is 0 Å². The summed E-state index contributed by atoms with van der Waals surface area (Å²) >= 11 is 1.45. The smallest absolute Gasteiger partial charge is 0.225 e. The van der Waals surface area contributed by atoms with E-state index in [0.29, 0.717) is 11.6 Å². The van der Waals surface area contributed by atoms with Gasteiger partial charge in [-0.1, -0.05) is 55.5 Å². The van der Waals surface area contributed by atoms with Crippen LogP contribution in [0.5, 0.6) is 0 Å². The van der Waals surface area contributed by atoms with E-state index in [4.69, 9.17) is 0 Å². The van der Waals surface area contributed by atoms with Gasteiger partial charge in [-0.25, -0.2) is 0 Å². The van der Waals surface area contributed by atoms with Crippen LogP contribution in [0.15, 0.2) is 30.3 Å². The Kier molecular flexibility index (Phi) is 4.63. The number of aromatic nitrogens is 2. The van der Waals surface area contributed by atoms with Crippen LogP contribution in [0.1, 0.15) is 43.2 Å². The summed E-state index contributed by atoms with van der Waals surface area (Å²) in [6.07, 6.45) is 1.41. The lowest BCUT2D eigenvalue weighted by Gasteiger charge is -2.10. The van der Waals surface area contributed by atoms with Gasteiger partial charge in [0.1, 0.15) is 5.01 Å². The van der Waals surface area contributed by atoms with E-state index >= 15 is 0 Å². The highest BCUT2D eigenvalue weighted by Crippen LogP contribution is 2.31. The Balaban J connectivity index is 2.18. The number of anilines is 1. The first kappa shape index (κ1) is 13.7. The van der Waals surface area contributed by atoms with Crippen LogP contribution in [0.2, 0.25) is 0 Å². The largest absolute Gasteiger partial charge is 0.301 e. The molecule has 0 fully saturated rings. The molecule has 2 rings (SSSR count). The Morgan fingerprint density at radius 2 is 2.00 bits per heavy atom. The highest BCUT2D eigenvalue weighted by atomic mass is 32.1. The van der Waals surface area contributed by atoms with Crippen molar-refractivity contribution in [2.24, 2.45) is 0 Å². The first-order valence-electron chi connectivity index (χ1n) is 6.42. The average molecular weight is 275 g/mol. The van der Waals surface area contributed by atoms with Crippen LogP contribution in [-0.4, -0.2) is 16.1 Å². The second kappa shape index (κ2) is 6.43. The fourth-order valence-electron chi connectivity index (χ4n) is 1.87. The van der Waals surface area contributed by atoms with Crippen molar-refractivity contribution in [1.82, 2.24) is 10.2 Å². The summed E-state index contributed by atoms with van der Waals surface area (Å²) in [5, 5.41) is 12.5. The molecule has 1 aromatic heterocycles. The van der Waals surface area contributed by atoms with E-state index in [1.165, 1.54) is 16.9 Å². The van der Waals surface area contributed by atoms with Gasteiger partial charge in [0.15, 0.2) is 0 Å². The number of benzene rings is 1. The molecule has 1 amide bonds. The van der Waals surface area contributed by atoms with Crippen LogP contribution < -0.4 is 5.32 Å². The molecule has 5 heteroatoms. The summed E-state index contributed by atoms with van der Waals surface area (Å²) in [6, 6.07) is 10.3. The summed E-state index contributed by atoms with van der Waals surface area (Å²) in [5.74, 6) is 0.210. The highest BCUT2D eigenvalue weighted by molar-refractivity contribution is 7.15. The van der Waals surface area contributed by atoms with Gasteiger partial charge >= 0.3 is 0 Å². The summed E-state index contributed by atoms with van der Waals surface area (Å²) in [6.45, 7) is 3.94. The first-order valence-corrected chi connectivity index (χ1v) is 7.24. The Morgan fingerprint density at radius 1 is 1.26 bits per heavy atom. The average Bonchev–Trinajstić information content (AvgIpc) is 2.89. The van der Waals surface area contributed by atoms with Crippen LogP contribution >= 0.6 is 11.3 Å². The topological polar surface area (TPSA) is 54.9 Å². The molecular weight excluding hydrogens is 258 g/mol. The molecule has 0 saturated heterocycles. The summed E-state index contributed by atoms with van der Waals surface area (Å²) in [5.41, 5.74) is 1.23. The number of hydrogen-bond acceptors (Lipinski definition) is 4. The second-order valence-corrected chi connectivity index (χ2v) is 5.23. The molecule has 0 radical (unpaired) electrons. The highest BCUT2D eigenvalue weighted by Gasteiger charge is 2.17. The monoisotopic (exact) mass is 275 g/mol. The Hall–Kier alpha value is -1.75. The lowest BCUT2D eigenvalue weighted by Crippen LogP contribution is -2.08. The number of nitrogens with one attached hydrogen (secondary N) is 1. The molecule has 1 heterocycles. The number of rotatable bonds is 5. The number of carbonyl (C=O) groups is 1. The third kappa shape index (κ3) is 3.38. The first-order chi connectivity index (χ1) is 9.24. The van der Waals surface area contributed by atoms with Gasteiger partial charge in [0.2, 0.25) is 11.0 Å². The lowest BCUT2D eigenvalue weighted by molar-refractivity contribution is -0.115. The van der Waals surface area contributed by atoms with Crippen LogP contribution in [0, 0.1) is 0 Å². The van der Waals surface area contributed by atoms with Gasteiger partial charge in [0.25, 0.3) is 0 Å². The third-order valence-corrected chi connectivity index (χ3v) is 3.87. The zero-order chi connectivity index (χ0) is 13.7. The SMILES string of the molecule is CCC(=O)Nc1nnc(C(CC)c2ccccc2)s1. The number of amides is 1. The van der Waals surface area contributed by atoms with Crippen molar-refractivity contribution >= 4 is 22.4 Å². The van der Waals surface area contributed by atoms with E-state index in [0.717, 1.165) is 11.4 Å². The third-order valence-electron chi connectivity index (χ3n) is 2.92. The van der Waals surface area contributed by atoms with E-state index in [1.807, 2.05) is 25.1 Å². The van der Waals surface area contributed by atoms with Gasteiger partial charge in [0, 0.05) is 12.3 Å². The second-order valence-electron chi connectivity index (χ2n) is 4.22. The van der Waals surface area contributed by atoms with E-state index in [9.17, 15) is 4.79 Å². The quantitative estimate of drug-likeness (QED) is 0.909. The fourth-order valence-corrected chi connectivity index (χ4v) is 2.84. The maximum absolute atomic E-state index is 11.3. The van der Waals surface area contributed by atoms with Crippen molar-refractivity contribution in [3.63, 3.8) is 0 Å². The van der Waals surface area contributed by atoms with Gasteiger partial charge < -0.3 is 5.32 Å². The standard InChI is InChI=1S/C14H17N3OS/c1-3-11(10-8-6-5-7-9-10)13-16-17-14(19-13)15-12(18)4-2/h5-9,11H,3-4H2,1-2H3,(H,15,17,18). The minimum absolute atomic E-state index is 0.0320. The maximum Gasteiger partial charge on any atom is 0.225 e. The van der Waals surface area contributed by atoms with Gasteiger partial charge in [-0.2, -0.15) is 0 Å². The van der Waals surface area contributed by atoms with Crippen molar-refractivity contribution in [3.8, 4) is 0 Å². The number of hydrogen-bond donors (Lipinski definition) is 1. The molecule has 0 aliphatic carbocycles. The minimum atomic E-state index is -0.0320. The van der Waals surface area contributed by atoms with Crippen molar-refractivity contribution in [3.05, 3.63) is 40.9 Å². The van der Waals surface area contributed by atoms with Crippen LogP contribution in [0.4, 0.5) is 5.13 Å². The maximum atomic E-state index is 11.3. The summed E-state index contributed by atoms with van der Waals surface area (Å²) in [4.78, 5) is 11.3. The van der Waals surface area contributed by atoms with E-state index in [-0.39, 0.29) is 11.8 Å². The molecule has 0 aliphatic rings. The number of nitrogens with zero attached hydrogens (tertiary/aromatic N) is 2. The Morgan fingerprint density at radius 3 is 2.63 bits per heavy atom. The molecule has 2 aromatic rings. The molecule has 0 spiro atoms. The zero-order valence-corrected chi connectivity index (χ0v) is 11.9. The van der Waals surface area contributed by atoms with Crippen molar-refractivity contribution in [2.45, 2.75) is 32.6 Å². The molecule has 1 N–H and O–H groups in total. The molecule has 1 unspecified atom stereocenters. The molecule has 0 bridgehead atoms. The van der Waals surface area contributed by atoms with Crippen LogP contribution in [0.25, 0.3) is 0 Å². The normalized spacial score (nSPS) is 12.1. The van der Waals surface area contributed by atoms with Gasteiger partial charge in [-0.15, -0.1) is 10.2 Å². The van der Waals surface area contributed by atoms with E-state index in [2.05, 4.69) is 34.6 Å². The predicted octanol–water partition coefficient (Wildman–Crippen LogP) is 3.43. The summed E-state index contributed by atoms with van der Waals surface area (Å²) < 4.78 is 0. The van der Waals surface area contributed by atoms with Crippen molar-refractivity contribution in [1.29, 1.82) is 0 Å². The molecular formula is C14H17N3OS. The van der Waals surface area contributed by atoms with Gasteiger partial charge in [-0.3, -0.25) is 4.79 Å². The number of carbonyl (C=O) groups excluding carboxylic acids is 1. The van der Waals surface area contributed by atoms with Crippen LogP contribution in [0.3, 0.4) is 0 Å². The molecule has 100 valence electrons. The molecule has 0 saturated carbocycles. The summed E-state index contributed by atoms with van der Waals surface area (Å²) in [7, 11) is 0. The van der Waals surface area contributed by atoms with Gasteiger partial charge in [-0.05, 0) is 12.0 Å². The Bertz CT molecular complexity index is 539. The van der Waals surface area contributed by atoms with Crippen LogP contribution in [-0.2, 0) is 4.79 Å². The fraction of sp³-hybridized carbons (Fsp3) is 0.357.